The maximum Gasteiger partial charge on any atom is 0.260 e. The number of para-hydroxylation sites is 1. The van der Waals surface area contributed by atoms with Gasteiger partial charge in [0.1, 0.15) is 11.2 Å². The van der Waals surface area contributed by atoms with E-state index in [2.05, 4.69) is 0 Å². The molecule has 5 rings (SSSR count). The van der Waals surface area contributed by atoms with Gasteiger partial charge in [0.05, 0.1) is 11.4 Å². The molecule has 0 bridgehead atoms. The van der Waals surface area contributed by atoms with Gasteiger partial charge in [0.2, 0.25) is 0 Å². The Morgan fingerprint density at radius 2 is 1.44 bits per heavy atom. The van der Waals surface area contributed by atoms with Crippen molar-refractivity contribution in [2.45, 2.75) is 31.6 Å². The van der Waals surface area contributed by atoms with Crippen LogP contribution < -0.4 is 5.01 Å². The van der Waals surface area contributed by atoms with Crippen LogP contribution in [0.25, 0.3) is 0 Å². The van der Waals surface area contributed by atoms with Gasteiger partial charge >= 0.3 is 0 Å². The number of halogens is 1. The molecule has 1 aliphatic carbocycles. The van der Waals surface area contributed by atoms with E-state index in [1.165, 1.54) is 5.01 Å². The Balaban J connectivity index is 1.73. The number of hydrogen-bond donors (Lipinski definition) is 0. The molecule has 0 saturated heterocycles. The molecular weight excluding hydrogens is 420 g/mol. The molecule has 1 heterocycles. The Bertz CT molecular complexity index is 1210. The smallest absolute Gasteiger partial charge is 0.260 e. The van der Waals surface area contributed by atoms with Crippen molar-refractivity contribution in [1.82, 2.24) is 0 Å². The van der Waals surface area contributed by atoms with Gasteiger partial charge in [0.25, 0.3) is 5.91 Å². The van der Waals surface area contributed by atoms with Gasteiger partial charge in [-0.1, -0.05) is 72.3 Å². The van der Waals surface area contributed by atoms with Crippen LogP contribution in [0.2, 0.25) is 5.02 Å². The van der Waals surface area contributed by atoms with Crippen LogP contribution in [0, 0.1) is 5.41 Å². The van der Waals surface area contributed by atoms with Crippen LogP contribution in [0.3, 0.4) is 0 Å². The maximum atomic E-state index is 14.3. The zero-order valence-electron chi connectivity index (χ0n) is 17.7. The number of hydrazone groups is 1. The van der Waals surface area contributed by atoms with Gasteiger partial charge in [-0.15, -0.1) is 0 Å². The fourth-order valence-electron chi connectivity index (χ4n) is 5.43. The molecule has 3 aromatic rings. The normalized spacial score (nSPS) is 25.3. The Morgan fingerprint density at radius 3 is 2.09 bits per heavy atom. The van der Waals surface area contributed by atoms with Crippen molar-refractivity contribution >= 4 is 34.7 Å². The van der Waals surface area contributed by atoms with E-state index in [0.29, 0.717) is 11.4 Å². The summed E-state index contributed by atoms with van der Waals surface area (Å²) < 4.78 is 0. The fraction of sp³-hybridized carbons (Fsp3) is 0.222. The van der Waals surface area contributed by atoms with Crippen molar-refractivity contribution in [3.05, 3.63) is 101 Å². The first-order valence-electron chi connectivity index (χ1n) is 10.8. The third-order valence-electron chi connectivity index (χ3n) is 6.81. The van der Waals surface area contributed by atoms with Crippen molar-refractivity contribution in [1.29, 1.82) is 0 Å². The summed E-state index contributed by atoms with van der Waals surface area (Å²) in [5.74, 6) is -0.600. The van der Waals surface area contributed by atoms with Gasteiger partial charge < -0.3 is 0 Å². The van der Waals surface area contributed by atoms with Crippen LogP contribution in [-0.4, -0.2) is 17.4 Å². The number of carbonyl (C=O) groups excluding carboxylic acids is 2. The highest BCUT2D eigenvalue weighted by Gasteiger charge is 2.62. The molecule has 1 fully saturated rings. The van der Waals surface area contributed by atoms with E-state index in [0.717, 1.165) is 22.5 Å². The van der Waals surface area contributed by atoms with Crippen molar-refractivity contribution < 1.29 is 9.59 Å². The third kappa shape index (κ3) is 3.18. The molecule has 1 spiro atoms. The Hall–Kier alpha value is -3.24. The molecule has 1 amide bonds. The zero-order chi connectivity index (χ0) is 22.3. The Labute approximate surface area is 192 Å². The summed E-state index contributed by atoms with van der Waals surface area (Å²) >= 11 is 6.34. The van der Waals surface area contributed by atoms with Crippen LogP contribution in [0.5, 0.6) is 0 Å². The van der Waals surface area contributed by atoms with Crippen molar-refractivity contribution in [3.8, 4) is 0 Å². The molecule has 32 heavy (non-hydrogen) atoms. The number of rotatable bonds is 3. The molecule has 1 aliphatic heterocycles. The van der Waals surface area contributed by atoms with Crippen molar-refractivity contribution in [3.63, 3.8) is 0 Å². The van der Waals surface area contributed by atoms with Gasteiger partial charge in [-0.3, -0.25) is 9.59 Å². The van der Waals surface area contributed by atoms with Gasteiger partial charge in [-0.2, -0.15) is 10.1 Å². The minimum absolute atomic E-state index is 0.0903. The predicted molar refractivity (Wildman–Crippen MR) is 127 cm³/mol. The first-order valence-corrected chi connectivity index (χ1v) is 11.2. The van der Waals surface area contributed by atoms with Gasteiger partial charge in [0, 0.05) is 29.7 Å². The summed E-state index contributed by atoms with van der Waals surface area (Å²) in [5, 5.41) is 6.87. The van der Waals surface area contributed by atoms with Gasteiger partial charge in [-0.25, -0.2) is 0 Å². The summed E-state index contributed by atoms with van der Waals surface area (Å²) in [7, 11) is 0. The second-order valence-corrected chi connectivity index (χ2v) is 8.96. The largest absolute Gasteiger partial charge is 0.300 e. The summed E-state index contributed by atoms with van der Waals surface area (Å²) in [4.78, 5) is 27.3. The van der Waals surface area contributed by atoms with E-state index in [1.54, 1.807) is 0 Å². The topological polar surface area (TPSA) is 49.7 Å². The number of ketones is 1. The molecule has 4 nitrogen and oxygen atoms in total. The number of Topliss-reactive ketones (excluding diaryl/α,β-unsaturated/α-hetero) is 1. The second-order valence-electron chi connectivity index (χ2n) is 8.52. The van der Waals surface area contributed by atoms with E-state index in [4.69, 9.17) is 16.7 Å². The molecule has 2 aliphatic rings. The lowest BCUT2D eigenvalue weighted by molar-refractivity contribution is -0.131. The average Bonchev–Trinajstić information content (AvgIpc) is 3.07. The molecule has 3 aromatic carbocycles. The molecule has 0 N–H and O–H groups in total. The van der Waals surface area contributed by atoms with Crippen LogP contribution >= 0.6 is 11.6 Å². The minimum atomic E-state index is -0.963. The minimum Gasteiger partial charge on any atom is -0.300 e. The molecule has 160 valence electrons. The number of nitrogens with zero attached hydrogens (tertiary/aromatic N) is 2. The Kier molecular flexibility index (Phi) is 5.18. The number of benzene rings is 3. The fourth-order valence-corrected chi connectivity index (χ4v) is 5.63. The maximum absolute atomic E-state index is 14.3. The molecule has 0 aromatic heterocycles. The highest BCUT2D eigenvalue weighted by Crippen LogP contribution is 2.58. The number of anilines is 1. The van der Waals surface area contributed by atoms with Crippen LogP contribution in [0.15, 0.2) is 90.0 Å². The quantitative estimate of drug-likeness (QED) is 0.501. The highest BCUT2D eigenvalue weighted by molar-refractivity contribution is 6.30. The van der Waals surface area contributed by atoms with Crippen LogP contribution in [0.4, 0.5) is 5.69 Å². The summed E-state index contributed by atoms with van der Waals surface area (Å²) in [6, 6.07) is 26.9. The summed E-state index contributed by atoms with van der Waals surface area (Å²) in [6.07, 6.45) is 0.590. The van der Waals surface area contributed by atoms with Gasteiger partial charge in [0.15, 0.2) is 0 Å². The molecule has 5 heteroatoms. The van der Waals surface area contributed by atoms with E-state index in [1.807, 2.05) is 91.9 Å². The number of hydrogen-bond acceptors (Lipinski definition) is 3. The highest BCUT2D eigenvalue weighted by atomic mass is 35.5. The predicted octanol–water partition coefficient (Wildman–Crippen LogP) is 5.98. The van der Waals surface area contributed by atoms with Crippen LogP contribution in [-0.2, 0) is 9.59 Å². The molecular formula is C27H23ClN2O2. The summed E-state index contributed by atoms with van der Waals surface area (Å²) in [5.41, 5.74) is 2.37. The third-order valence-corrected chi connectivity index (χ3v) is 7.05. The number of carbonyl (C=O) groups is 2. The lowest BCUT2D eigenvalue weighted by Gasteiger charge is -2.45. The van der Waals surface area contributed by atoms with Crippen molar-refractivity contribution in [2.75, 3.05) is 5.01 Å². The van der Waals surface area contributed by atoms with E-state index in [9.17, 15) is 9.59 Å². The van der Waals surface area contributed by atoms with E-state index >= 15 is 0 Å². The van der Waals surface area contributed by atoms with Crippen LogP contribution in [0.1, 0.15) is 42.7 Å². The monoisotopic (exact) mass is 442 g/mol. The average molecular weight is 443 g/mol. The molecule has 3 atom stereocenters. The lowest BCUT2D eigenvalue weighted by Crippen LogP contribution is -2.52. The second kappa shape index (κ2) is 8.03. The molecule has 0 unspecified atom stereocenters. The van der Waals surface area contributed by atoms with Gasteiger partial charge in [-0.05, 0) is 42.3 Å². The Morgan fingerprint density at radius 1 is 0.844 bits per heavy atom. The first kappa shape index (κ1) is 20.7. The van der Waals surface area contributed by atoms with E-state index in [-0.39, 0.29) is 29.9 Å². The molecule has 0 radical (unpaired) electrons. The standard InChI is InChI=1S/C27H23ClN2O2/c1-18-27(26(32)30(29-18)22-13-6-3-7-14-22)24(19-9-4-2-5-10-19)16-23(31)17-25(27)20-11-8-12-21(28)15-20/h2-15,24-25H,16-17H2,1H3/t24-,25-,27-/m1/s1. The zero-order valence-corrected chi connectivity index (χ0v) is 18.5. The summed E-state index contributed by atoms with van der Waals surface area (Å²) in [6.45, 7) is 1.92. The first-order chi connectivity index (χ1) is 15.5. The van der Waals surface area contributed by atoms with E-state index < -0.39 is 5.41 Å². The lowest BCUT2D eigenvalue weighted by atomic mass is 9.54. The SMILES string of the molecule is CC1=NN(c2ccccc2)C(=O)[C@@]12[C@@H](c1ccccc1)CC(=O)C[C@@H]2c1cccc(Cl)c1. The molecule has 1 saturated carbocycles. The van der Waals surface area contributed by atoms with Crippen molar-refractivity contribution in [2.24, 2.45) is 10.5 Å². The number of amides is 1.